The Hall–Kier alpha value is -3.59. The summed E-state index contributed by atoms with van der Waals surface area (Å²) in [6.07, 6.45) is -7.89. The summed E-state index contributed by atoms with van der Waals surface area (Å²) >= 11 is 0. The second-order valence-electron chi connectivity index (χ2n) is 9.92. The van der Waals surface area contributed by atoms with E-state index in [2.05, 4.69) is 4.74 Å². The van der Waals surface area contributed by atoms with Crippen molar-refractivity contribution in [1.82, 2.24) is 0 Å². The number of carbonyl (C=O) groups excluding carboxylic acids is 1. The highest BCUT2D eigenvalue weighted by atomic mass is 19.4. The second kappa shape index (κ2) is 9.46. The van der Waals surface area contributed by atoms with E-state index in [4.69, 9.17) is 4.74 Å². The average Bonchev–Trinajstić information content (AvgIpc) is 2.87. The van der Waals surface area contributed by atoms with Crippen molar-refractivity contribution in [3.8, 4) is 5.75 Å². The predicted octanol–water partition coefficient (Wildman–Crippen LogP) is 6.08. The van der Waals surface area contributed by atoms with E-state index in [1.54, 1.807) is 12.1 Å². The Kier molecular flexibility index (Phi) is 6.70. The van der Waals surface area contributed by atoms with E-state index in [1.807, 2.05) is 51.1 Å². The number of aliphatic carboxylic acids is 1. The number of carboxylic acid groups (broad SMARTS) is 1. The van der Waals surface area contributed by atoms with Crippen molar-refractivity contribution in [3.05, 3.63) is 71.8 Å². The summed E-state index contributed by atoms with van der Waals surface area (Å²) < 4.78 is 49.6. The Morgan fingerprint density at radius 1 is 1.03 bits per heavy atom. The minimum atomic E-state index is -4.92. The van der Waals surface area contributed by atoms with Crippen molar-refractivity contribution in [2.24, 2.45) is 5.41 Å². The largest absolute Gasteiger partial charge is 0.573 e. The molecule has 1 amide bonds. The molecule has 0 saturated heterocycles. The molecule has 2 atom stereocenters. The Labute approximate surface area is 206 Å². The number of carboxylic acids is 1. The van der Waals surface area contributed by atoms with Gasteiger partial charge in [0.05, 0.1) is 12.1 Å². The van der Waals surface area contributed by atoms with Gasteiger partial charge in [-0.2, -0.15) is 0 Å². The lowest BCUT2D eigenvalue weighted by Gasteiger charge is -2.31. The molecule has 0 spiro atoms. The second-order valence-corrected chi connectivity index (χ2v) is 9.92. The van der Waals surface area contributed by atoms with E-state index in [0.717, 1.165) is 16.8 Å². The highest BCUT2D eigenvalue weighted by Crippen LogP contribution is 2.43. The molecule has 3 aromatic carbocycles. The fraction of sp³-hybridized carbons (Fsp3) is 0.333. The van der Waals surface area contributed by atoms with Crippen LogP contribution in [0.5, 0.6) is 5.75 Å². The monoisotopic (exact) mass is 501 g/mol. The summed E-state index contributed by atoms with van der Waals surface area (Å²) in [6.45, 7) is 5.91. The third-order valence-corrected chi connectivity index (χ3v) is 5.75. The zero-order chi connectivity index (χ0) is 26.3. The van der Waals surface area contributed by atoms with Crippen LogP contribution in [0.1, 0.15) is 44.4 Å². The van der Waals surface area contributed by atoms with Gasteiger partial charge < -0.3 is 19.5 Å². The number of alkyl halides is 3. The maximum Gasteiger partial charge on any atom is 0.573 e. The first-order valence-corrected chi connectivity index (χ1v) is 11.4. The van der Waals surface area contributed by atoms with E-state index >= 15 is 0 Å². The lowest BCUT2D eigenvalue weighted by Crippen LogP contribution is -2.44. The van der Waals surface area contributed by atoms with Crippen molar-refractivity contribution in [2.45, 2.75) is 45.8 Å². The molecule has 6 nitrogen and oxygen atoms in total. The molecule has 36 heavy (non-hydrogen) atoms. The molecule has 9 heteroatoms. The fourth-order valence-electron chi connectivity index (χ4n) is 4.43. The maximum absolute atomic E-state index is 13.6. The van der Waals surface area contributed by atoms with Crippen molar-refractivity contribution in [2.75, 3.05) is 11.4 Å². The number of halogens is 3. The zero-order valence-electron chi connectivity index (χ0n) is 20.0. The van der Waals surface area contributed by atoms with Crippen molar-refractivity contribution in [1.29, 1.82) is 0 Å². The van der Waals surface area contributed by atoms with Crippen LogP contribution >= 0.6 is 0 Å². The molecular formula is C27H26F3NO5. The maximum atomic E-state index is 13.6. The van der Waals surface area contributed by atoms with Gasteiger partial charge in [-0.15, -0.1) is 13.2 Å². The molecule has 1 aliphatic rings. The van der Waals surface area contributed by atoms with Gasteiger partial charge in [0.1, 0.15) is 18.0 Å². The van der Waals surface area contributed by atoms with E-state index in [9.17, 15) is 27.9 Å². The van der Waals surface area contributed by atoms with Crippen LogP contribution in [0.4, 0.5) is 18.9 Å². The highest BCUT2D eigenvalue weighted by Gasteiger charge is 2.40. The molecular weight excluding hydrogens is 475 g/mol. The van der Waals surface area contributed by atoms with Crippen LogP contribution < -0.4 is 9.64 Å². The van der Waals surface area contributed by atoms with Crippen molar-refractivity contribution >= 4 is 28.3 Å². The van der Waals surface area contributed by atoms with E-state index in [0.29, 0.717) is 11.3 Å². The number of fused-ring (bicyclic) bond motifs is 2. The number of ether oxygens (including phenoxy) is 2. The Morgan fingerprint density at radius 3 is 2.39 bits per heavy atom. The van der Waals surface area contributed by atoms with E-state index < -0.39 is 48.0 Å². The molecule has 0 aliphatic carbocycles. The van der Waals surface area contributed by atoms with Crippen LogP contribution in [-0.4, -0.2) is 36.0 Å². The normalized spacial score (nSPS) is 18.6. The van der Waals surface area contributed by atoms with Crippen LogP contribution in [0.15, 0.2) is 60.7 Å². The first-order valence-electron chi connectivity index (χ1n) is 11.4. The lowest BCUT2D eigenvalue weighted by molar-refractivity contribution is -0.274. The number of nitrogens with zero attached hydrogens (tertiary/aromatic N) is 1. The standard InChI is InChI=1S/C27H26F3NO5/c1-26(2,3)15-31-21-12-11-17(36-27(28,29)30)13-20(21)24(35-22(25(31)34)14-23(32)33)19-10-6-8-16-7-4-5-9-18(16)19/h4-13,22,24H,14-15H2,1-3H3,(H,32,33)/t22-,24-/m1/s1. The summed E-state index contributed by atoms with van der Waals surface area (Å²) in [5.41, 5.74) is 0.814. The molecule has 0 unspecified atom stereocenters. The average molecular weight is 502 g/mol. The van der Waals surface area contributed by atoms with Crippen LogP contribution in [0.3, 0.4) is 0 Å². The van der Waals surface area contributed by atoms with Gasteiger partial charge in [0.15, 0.2) is 0 Å². The van der Waals surface area contributed by atoms with Crippen LogP contribution in [0, 0.1) is 5.41 Å². The lowest BCUT2D eigenvalue weighted by atomic mass is 9.92. The van der Waals surface area contributed by atoms with Gasteiger partial charge in [-0.3, -0.25) is 9.59 Å². The van der Waals surface area contributed by atoms with Crippen molar-refractivity contribution in [3.63, 3.8) is 0 Å². The minimum absolute atomic E-state index is 0.194. The number of rotatable bonds is 5. The van der Waals surface area contributed by atoms with Gasteiger partial charge in [0.25, 0.3) is 5.91 Å². The summed E-state index contributed by atoms with van der Waals surface area (Å²) in [6, 6.07) is 16.6. The Bertz CT molecular complexity index is 1290. The number of hydrogen-bond acceptors (Lipinski definition) is 4. The van der Waals surface area contributed by atoms with Crippen LogP contribution in [0.25, 0.3) is 10.8 Å². The van der Waals surface area contributed by atoms with Gasteiger partial charge in [0, 0.05) is 12.1 Å². The quantitative estimate of drug-likeness (QED) is 0.459. The number of hydrogen-bond donors (Lipinski definition) is 1. The zero-order valence-corrected chi connectivity index (χ0v) is 20.0. The van der Waals surface area contributed by atoms with Gasteiger partial charge in [-0.1, -0.05) is 63.2 Å². The molecule has 4 rings (SSSR count). The molecule has 190 valence electrons. The summed E-state index contributed by atoms with van der Waals surface area (Å²) in [5, 5.41) is 11.1. The molecule has 0 radical (unpaired) electrons. The summed E-state index contributed by atoms with van der Waals surface area (Å²) in [5.74, 6) is -2.26. The van der Waals surface area contributed by atoms with Gasteiger partial charge in [0.2, 0.25) is 0 Å². The molecule has 0 fully saturated rings. The van der Waals surface area contributed by atoms with Crippen molar-refractivity contribution < 1.29 is 37.3 Å². The highest BCUT2D eigenvalue weighted by molar-refractivity contribution is 6.00. The minimum Gasteiger partial charge on any atom is -0.481 e. The Morgan fingerprint density at radius 2 is 1.72 bits per heavy atom. The third kappa shape index (κ3) is 5.62. The molecule has 1 N–H and O–H groups in total. The molecule has 3 aromatic rings. The SMILES string of the molecule is CC(C)(C)CN1C(=O)[C@@H](CC(=O)O)O[C@H](c2cccc3ccccc23)c2cc(OC(F)(F)F)ccc21. The molecule has 0 bridgehead atoms. The molecule has 0 aromatic heterocycles. The number of anilines is 1. The fourth-order valence-corrected chi connectivity index (χ4v) is 4.43. The summed E-state index contributed by atoms with van der Waals surface area (Å²) in [4.78, 5) is 26.7. The molecule has 1 heterocycles. The molecule has 0 saturated carbocycles. The van der Waals surface area contributed by atoms with Crippen LogP contribution in [0.2, 0.25) is 0 Å². The van der Waals surface area contributed by atoms with Gasteiger partial charge in [-0.25, -0.2) is 0 Å². The molecule has 1 aliphatic heterocycles. The van der Waals surface area contributed by atoms with Crippen LogP contribution in [-0.2, 0) is 14.3 Å². The first-order chi connectivity index (χ1) is 16.8. The smallest absolute Gasteiger partial charge is 0.481 e. The topological polar surface area (TPSA) is 76.1 Å². The Balaban J connectivity index is 1.97. The number of carbonyl (C=O) groups is 2. The van der Waals surface area contributed by atoms with Gasteiger partial charge >= 0.3 is 12.3 Å². The summed E-state index contributed by atoms with van der Waals surface area (Å²) in [7, 11) is 0. The third-order valence-electron chi connectivity index (χ3n) is 5.75. The van der Waals surface area contributed by atoms with E-state index in [1.165, 1.54) is 17.0 Å². The van der Waals surface area contributed by atoms with E-state index in [-0.39, 0.29) is 12.1 Å². The number of amides is 1. The number of benzene rings is 3. The predicted molar refractivity (Wildman–Crippen MR) is 128 cm³/mol. The first kappa shape index (κ1) is 25.5. The van der Waals surface area contributed by atoms with Gasteiger partial charge in [-0.05, 0) is 39.9 Å².